The number of halogens is 1. The molecule has 1 aromatic carbocycles. The molecule has 2 N–H and O–H groups in total. The van der Waals surface area contributed by atoms with E-state index in [1.54, 1.807) is 0 Å². The van der Waals surface area contributed by atoms with Crippen molar-refractivity contribution in [1.29, 1.82) is 0 Å². The molecule has 0 aliphatic carbocycles. The van der Waals surface area contributed by atoms with E-state index in [0.29, 0.717) is 11.7 Å². The number of aryl methyl sites for hydroxylation is 2. The molecule has 0 amide bonds. The highest BCUT2D eigenvalue weighted by Crippen LogP contribution is 2.14. The molecule has 106 valence electrons. The van der Waals surface area contributed by atoms with E-state index in [-0.39, 0.29) is 0 Å². The average Bonchev–Trinajstić information content (AvgIpc) is 2.80. The molecule has 0 saturated carbocycles. The first-order valence-corrected chi connectivity index (χ1v) is 7.62. The molecule has 0 radical (unpaired) electrons. The number of anilines is 1. The molecule has 0 unspecified atom stereocenters. The predicted molar refractivity (Wildman–Crippen MR) is 89.8 cm³/mol. The normalized spacial score (nSPS) is 10.3. The van der Waals surface area contributed by atoms with Gasteiger partial charge in [0.05, 0.1) is 5.69 Å². The van der Waals surface area contributed by atoms with Crippen LogP contribution in [0.4, 0.5) is 5.69 Å². The molecular weight excluding hydrogens is 336 g/mol. The summed E-state index contributed by atoms with van der Waals surface area (Å²) in [6.07, 6.45) is 2.05. The maximum atomic E-state index is 5.29. The molecule has 6 heteroatoms. The second-order valence-corrected chi connectivity index (χ2v) is 5.73. The maximum absolute atomic E-state index is 5.29. The third kappa shape index (κ3) is 4.05. The third-order valence-corrected chi connectivity index (χ3v) is 3.69. The minimum absolute atomic E-state index is 0.607. The number of thiocarbonyl (C=S) groups is 1. The second kappa shape index (κ2) is 6.85. The van der Waals surface area contributed by atoms with E-state index in [1.165, 1.54) is 0 Å². The van der Waals surface area contributed by atoms with Gasteiger partial charge in [-0.1, -0.05) is 15.9 Å². The molecule has 1 aromatic heterocycles. The fourth-order valence-electron chi connectivity index (χ4n) is 1.78. The monoisotopic (exact) mass is 352 g/mol. The van der Waals surface area contributed by atoms with E-state index < -0.39 is 0 Å². The molecule has 2 aromatic rings. The van der Waals surface area contributed by atoms with Crippen molar-refractivity contribution in [3.05, 3.63) is 46.2 Å². The lowest BCUT2D eigenvalue weighted by atomic mass is 10.3. The Morgan fingerprint density at radius 2 is 2.05 bits per heavy atom. The van der Waals surface area contributed by atoms with E-state index in [4.69, 9.17) is 12.2 Å². The van der Waals surface area contributed by atoms with E-state index in [9.17, 15) is 0 Å². The second-order valence-electron chi connectivity index (χ2n) is 4.41. The Hall–Kier alpha value is -1.40. The van der Waals surface area contributed by atoms with Crippen LogP contribution in [-0.4, -0.2) is 14.9 Å². The molecule has 20 heavy (non-hydrogen) atoms. The summed E-state index contributed by atoms with van der Waals surface area (Å²) >= 11 is 8.69. The zero-order valence-corrected chi connectivity index (χ0v) is 13.9. The van der Waals surface area contributed by atoms with Crippen LogP contribution in [0.25, 0.3) is 0 Å². The van der Waals surface area contributed by atoms with E-state index in [1.807, 2.05) is 42.1 Å². The number of hydrogen-bond acceptors (Lipinski definition) is 2. The van der Waals surface area contributed by atoms with Crippen molar-refractivity contribution in [2.24, 2.45) is 0 Å². The Kier molecular flexibility index (Phi) is 5.14. The summed E-state index contributed by atoms with van der Waals surface area (Å²) in [4.78, 5) is 0. The van der Waals surface area contributed by atoms with Crippen molar-refractivity contribution in [3.63, 3.8) is 0 Å². The van der Waals surface area contributed by atoms with Crippen molar-refractivity contribution in [1.82, 2.24) is 15.1 Å². The van der Waals surface area contributed by atoms with Crippen molar-refractivity contribution in [3.8, 4) is 0 Å². The first-order valence-electron chi connectivity index (χ1n) is 6.42. The third-order valence-electron chi connectivity index (χ3n) is 2.91. The first kappa shape index (κ1) is 15.0. The summed E-state index contributed by atoms with van der Waals surface area (Å²) in [7, 11) is 0. The minimum Gasteiger partial charge on any atom is -0.358 e. The highest BCUT2D eigenvalue weighted by molar-refractivity contribution is 9.10. The van der Waals surface area contributed by atoms with Crippen molar-refractivity contribution >= 4 is 38.9 Å². The number of hydrogen-bond donors (Lipinski definition) is 2. The standard InChI is InChI=1S/C14H17BrN4S/c1-3-19-9-11(10(2)18-19)8-16-14(20)17-13-6-4-12(15)5-7-13/h4-7,9H,3,8H2,1-2H3,(H2,16,17,20). The molecule has 2 rings (SSSR count). The van der Waals surface area contributed by atoms with Crippen LogP contribution in [0, 0.1) is 6.92 Å². The zero-order chi connectivity index (χ0) is 14.5. The molecular formula is C14H17BrN4S. The molecule has 0 aliphatic rings. The fourth-order valence-corrected chi connectivity index (χ4v) is 2.23. The smallest absolute Gasteiger partial charge is 0.171 e. The van der Waals surface area contributed by atoms with Crippen LogP contribution >= 0.6 is 28.1 Å². The lowest BCUT2D eigenvalue weighted by Crippen LogP contribution is -2.27. The molecule has 0 bridgehead atoms. The SMILES string of the molecule is CCn1cc(CNC(=S)Nc2ccc(Br)cc2)c(C)n1. The van der Waals surface area contributed by atoms with Gasteiger partial charge in [0.25, 0.3) is 0 Å². The van der Waals surface area contributed by atoms with E-state index in [2.05, 4.69) is 38.6 Å². The van der Waals surface area contributed by atoms with Gasteiger partial charge in [-0.05, 0) is 50.3 Å². The molecule has 0 fully saturated rings. The van der Waals surface area contributed by atoms with Crippen LogP contribution in [0.15, 0.2) is 34.9 Å². The van der Waals surface area contributed by atoms with E-state index in [0.717, 1.165) is 28.0 Å². The summed E-state index contributed by atoms with van der Waals surface area (Å²) in [6.45, 7) is 5.63. The van der Waals surface area contributed by atoms with Gasteiger partial charge >= 0.3 is 0 Å². The Morgan fingerprint density at radius 3 is 2.65 bits per heavy atom. The number of nitrogens with zero attached hydrogens (tertiary/aromatic N) is 2. The summed E-state index contributed by atoms with van der Waals surface area (Å²) in [5, 5.41) is 11.4. The van der Waals surface area contributed by atoms with Gasteiger partial charge in [-0.3, -0.25) is 4.68 Å². The van der Waals surface area contributed by atoms with Gasteiger partial charge in [0.1, 0.15) is 0 Å². The summed E-state index contributed by atoms with van der Waals surface area (Å²) in [5.74, 6) is 0. The van der Waals surface area contributed by atoms with Crippen LogP contribution < -0.4 is 10.6 Å². The largest absolute Gasteiger partial charge is 0.358 e. The van der Waals surface area contributed by atoms with Gasteiger partial charge in [-0.25, -0.2) is 0 Å². The number of aromatic nitrogens is 2. The van der Waals surface area contributed by atoms with E-state index >= 15 is 0 Å². The fraction of sp³-hybridized carbons (Fsp3) is 0.286. The van der Waals surface area contributed by atoms with Crippen molar-refractivity contribution < 1.29 is 0 Å². The quantitative estimate of drug-likeness (QED) is 0.826. The predicted octanol–water partition coefficient (Wildman–Crippen LogP) is 3.46. The highest BCUT2D eigenvalue weighted by Gasteiger charge is 2.04. The zero-order valence-electron chi connectivity index (χ0n) is 11.5. The molecule has 0 atom stereocenters. The number of rotatable bonds is 4. The van der Waals surface area contributed by atoms with Gasteiger partial charge in [0.2, 0.25) is 0 Å². The Morgan fingerprint density at radius 1 is 1.35 bits per heavy atom. The van der Waals surface area contributed by atoms with Gasteiger partial charge in [0, 0.05) is 35.0 Å². The minimum atomic E-state index is 0.607. The van der Waals surface area contributed by atoms with Gasteiger partial charge in [-0.2, -0.15) is 5.10 Å². The molecule has 1 heterocycles. The first-order chi connectivity index (χ1) is 9.58. The summed E-state index contributed by atoms with van der Waals surface area (Å²) < 4.78 is 2.97. The lowest BCUT2D eigenvalue weighted by molar-refractivity contribution is 0.653. The summed E-state index contributed by atoms with van der Waals surface area (Å²) in [6, 6.07) is 7.89. The maximum Gasteiger partial charge on any atom is 0.171 e. The molecule has 4 nitrogen and oxygen atoms in total. The van der Waals surface area contributed by atoms with Gasteiger partial charge in [-0.15, -0.1) is 0 Å². The van der Waals surface area contributed by atoms with Crippen LogP contribution in [0.2, 0.25) is 0 Å². The Labute approximate surface area is 132 Å². The van der Waals surface area contributed by atoms with Crippen molar-refractivity contribution in [2.75, 3.05) is 5.32 Å². The Bertz CT molecular complexity index is 592. The molecule has 0 spiro atoms. The van der Waals surface area contributed by atoms with Gasteiger partial charge < -0.3 is 10.6 Å². The molecule has 0 saturated heterocycles. The van der Waals surface area contributed by atoms with Crippen LogP contribution in [0.1, 0.15) is 18.2 Å². The molecule has 0 aliphatic heterocycles. The van der Waals surface area contributed by atoms with Gasteiger partial charge in [0.15, 0.2) is 5.11 Å². The number of nitrogens with one attached hydrogen (secondary N) is 2. The average molecular weight is 353 g/mol. The van der Waals surface area contributed by atoms with Crippen LogP contribution in [0.3, 0.4) is 0 Å². The number of benzene rings is 1. The Balaban J connectivity index is 1.88. The lowest BCUT2D eigenvalue weighted by Gasteiger charge is -2.10. The highest BCUT2D eigenvalue weighted by atomic mass is 79.9. The van der Waals surface area contributed by atoms with Crippen LogP contribution in [-0.2, 0) is 13.1 Å². The van der Waals surface area contributed by atoms with Crippen LogP contribution in [0.5, 0.6) is 0 Å². The summed E-state index contributed by atoms with van der Waals surface area (Å²) in [5.41, 5.74) is 3.16. The topological polar surface area (TPSA) is 41.9 Å². The van der Waals surface area contributed by atoms with Crippen molar-refractivity contribution in [2.45, 2.75) is 26.9 Å².